The third-order valence-electron chi connectivity index (χ3n) is 3.41. The summed E-state index contributed by atoms with van der Waals surface area (Å²) in [6, 6.07) is 0.716. The molecule has 0 aromatic heterocycles. The quantitative estimate of drug-likeness (QED) is 0.643. The van der Waals surface area contributed by atoms with Crippen molar-refractivity contribution in [3.8, 4) is 0 Å². The molecule has 1 heterocycles. The first-order valence-corrected chi connectivity index (χ1v) is 6.43. The van der Waals surface area contributed by atoms with Crippen LogP contribution in [0.15, 0.2) is 0 Å². The van der Waals surface area contributed by atoms with Crippen molar-refractivity contribution in [2.45, 2.75) is 26.3 Å². The molecule has 1 N–H and O–H groups in total. The molecule has 1 unspecified atom stereocenters. The zero-order valence-corrected chi connectivity index (χ0v) is 10.7. The summed E-state index contributed by atoms with van der Waals surface area (Å²) in [5.41, 5.74) is 0. The second-order valence-electron chi connectivity index (χ2n) is 4.47. The van der Waals surface area contributed by atoms with Crippen molar-refractivity contribution < 1.29 is 9.84 Å². The van der Waals surface area contributed by atoms with E-state index in [1.165, 1.54) is 19.5 Å². The van der Waals surface area contributed by atoms with Gasteiger partial charge in [-0.05, 0) is 13.3 Å². The maximum absolute atomic E-state index is 8.58. The lowest BCUT2D eigenvalue weighted by Crippen LogP contribution is -2.50. The van der Waals surface area contributed by atoms with Gasteiger partial charge in [-0.3, -0.25) is 9.80 Å². The Hall–Kier alpha value is -0.160. The lowest BCUT2D eigenvalue weighted by molar-refractivity contribution is 0.0500. The van der Waals surface area contributed by atoms with Gasteiger partial charge in [0.2, 0.25) is 0 Å². The van der Waals surface area contributed by atoms with Crippen molar-refractivity contribution in [1.82, 2.24) is 9.80 Å². The average molecular weight is 230 g/mol. The summed E-state index contributed by atoms with van der Waals surface area (Å²) in [5.74, 6) is 0. The minimum atomic E-state index is 0.127. The molecule has 0 aromatic rings. The molecule has 1 fully saturated rings. The predicted octanol–water partition coefficient (Wildman–Crippen LogP) is 0.411. The average Bonchev–Trinajstić information content (AvgIpc) is 2.34. The van der Waals surface area contributed by atoms with Gasteiger partial charge >= 0.3 is 0 Å². The monoisotopic (exact) mass is 230 g/mol. The molecular formula is C12H26N2O2. The Morgan fingerprint density at radius 3 is 2.44 bits per heavy atom. The minimum absolute atomic E-state index is 0.127. The van der Waals surface area contributed by atoms with Crippen LogP contribution in [0.1, 0.15) is 20.3 Å². The molecule has 4 nitrogen and oxygen atoms in total. The van der Waals surface area contributed by atoms with E-state index in [2.05, 4.69) is 23.6 Å². The Balaban J connectivity index is 2.07. The van der Waals surface area contributed by atoms with Crippen molar-refractivity contribution in [2.24, 2.45) is 0 Å². The fourth-order valence-corrected chi connectivity index (χ4v) is 2.05. The topological polar surface area (TPSA) is 35.9 Å². The normalized spacial score (nSPS) is 21.2. The van der Waals surface area contributed by atoms with Gasteiger partial charge in [0.05, 0.1) is 19.8 Å². The molecule has 0 radical (unpaired) electrons. The van der Waals surface area contributed by atoms with Crippen LogP contribution in [-0.4, -0.2) is 73.5 Å². The van der Waals surface area contributed by atoms with E-state index in [0.717, 1.165) is 26.2 Å². The van der Waals surface area contributed by atoms with Crippen molar-refractivity contribution in [3.63, 3.8) is 0 Å². The highest BCUT2D eigenvalue weighted by Crippen LogP contribution is 2.08. The molecule has 0 spiro atoms. The number of aliphatic hydroxyl groups is 1. The van der Waals surface area contributed by atoms with Gasteiger partial charge in [0, 0.05) is 38.8 Å². The zero-order chi connectivity index (χ0) is 11.8. The molecule has 16 heavy (non-hydrogen) atoms. The van der Waals surface area contributed by atoms with E-state index in [1.54, 1.807) is 0 Å². The molecule has 1 aliphatic heterocycles. The highest BCUT2D eigenvalue weighted by molar-refractivity contribution is 4.75. The SMILES string of the molecule is CCC(C)N1CCN(CCOCCO)CC1. The molecule has 96 valence electrons. The van der Waals surface area contributed by atoms with Crippen molar-refractivity contribution in [1.29, 1.82) is 0 Å². The van der Waals surface area contributed by atoms with Gasteiger partial charge in [-0.25, -0.2) is 0 Å². The molecule has 1 aliphatic rings. The second-order valence-corrected chi connectivity index (χ2v) is 4.47. The van der Waals surface area contributed by atoms with E-state index < -0.39 is 0 Å². The molecule has 0 amide bonds. The fourth-order valence-electron chi connectivity index (χ4n) is 2.05. The maximum Gasteiger partial charge on any atom is 0.0698 e. The van der Waals surface area contributed by atoms with E-state index in [1.807, 2.05) is 0 Å². The van der Waals surface area contributed by atoms with Gasteiger partial charge in [0.25, 0.3) is 0 Å². The van der Waals surface area contributed by atoms with Crippen molar-refractivity contribution in [2.75, 3.05) is 52.5 Å². The van der Waals surface area contributed by atoms with Crippen molar-refractivity contribution in [3.05, 3.63) is 0 Å². The van der Waals surface area contributed by atoms with Crippen LogP contribution in [0.2, 0.25) is 0 Å². The van der Waals surface area contributed by atoms with Gasteiger partial charge in [-0.15, -0.1) is 0 Å². The van der Waals surface area contributed by atoms with Crippen LogP contribution in [0.3, 0.4) is 0 Å². The summed E-state index contributed by atoms with van der Waals surface area (Å²) < 4.78 is 5.28. The van der Waals surface area contributed by atoms with E-state index in [0.29, 0.717) is 12.6 Å². The molecule has 0 saturated carbocycles. The standard InChI is InChI=1S/C12H26N2O2/c1-3-12(2)14-6-4-13(5-7-14)8-10-16-11-9-15/h12,15H,3-11H2,1-2H3. The first-order valence-electron chi connectivity index (χ1n) is 6.43. The highest BCUT2D eigenvalue weighted by atomic mass is 16.5. The number of rotatable bonds is 7. The summed E-state index contributed by atoms with van der Waals surface area (Å²) in [6.45, 7) is 11.5. The number of nitrogens with zero attached hydrogens (tertiary/aromatic N) is 2. The van der Waals surface area contributed by atoms with E-state index >= 15 is 0 Å². The Morgan fingerprint density at radius 1 is 1.19 bits per heavy atom. The van der Waals surface area contributed by atoms with Crippen LogP contribution in [0, 0.1) is 0 Å². The summed E-state index contributed by atoms with van der Waals surface area (Å²) in [6.07, 6.45) is 1.24. The second kappa shape index (κ2) is 8.01. The van der Waals surface area contributed by atoms with Gasteiger partial charge in [0.1, 0.15) is 0 Å². The molecule has 0 bridgehead atoms. The van der Waals surface area contributed by atoms with E-state index in [9.17, 15) is 0 Å². The van der Waals surface area contributed by atoms with E-state index in [4.69, 9.17) is 9.84 Å². The minimum Gasteiger partial charge on any atom is -0.394 e. The Bertz CT molecular complexity index is 170. The number of piperazine rings is 1. The number of hydrogen-bond donors (Lipinski definition) is 1. The third kappa shape index (κ3) is 4.78. The van der Waals surface area contributed by atoms with Gasteiger partial charge in [0.15, 0.2) is 0 Å². The van der Waals surface area contributed by atoms with Crippen LogP contribution in [0.5, 0.6) is 0 Å². The van der Waals surface area contributed by atoms with Crippen LogP contribution >= 0.6 is 0 Å². The smallest absolute Gasteiger partial charge is 0.0698 e. The molecule has 4 heteroatoms. The van der Waals surface area contributed by atoms with Crippen molar-refractivity contribution >= 4 is 0 Å². The van der Waals surface area contributed by atoms with Crippen LogP contribution < -0.4 is 0 Å². The first kappa shape index (κ1) is 13.9. The fraction of sp³-hybridized carbons (Fsp3) is 1.00. The Kier molecular flexibility index (Phi) is 6.96. The zero-order valence-electron chi connectivity index (χ0n) is 10.7. The molecular weight excluding hydrogens is 204 g/mol. The van der Waals surface area contributed by atoms with Gasteiger partial charge < -0.3 is 9.84 Å². The predicted molar refractivity (Wildman–Crippen MR) is 65.7 cm³/mol. The number of ether oxygens (including phenoxy) is 1. The Labute approximate surface area is 99.2 Å². The lowest BCUT2D eigenvalue weighted by atomic mass is 10.2. The maximum atomic E-state index is 8.58. The van der Waals surface area contributed by atoms with Gasteiger partial charge in [-0.2, -0.15) is 0 Å². The first-order chi connectivity index (χ1) is 7.77. The molecule has 1 atom stereocenters. The molecule has 0 aromatic carbocycles. The molecule has 0 aliphatic carbocycles. The van der Waals surface area contributed by atoms with Crippen LogP contribution in [0.4, 0.5) is 0 Å². The molecule has 1 saturated heterocycles. The summed E-state index contributed by atoms with van der Waals surface area (Å²) >= 11 is 0. The number of aliphatic hydroxyl groups excluding tert-OH is 1. The lowest BCUT2D eigenvalue weighted by Gasteiger charge is -2.37. The van der Waals surface area contributed by atoms with Crippen LogP contribution in [0.25, 0.3) is 0 Å². The number of hydrogen-bond acceptors (Lipinski definition) is 4. The van der Waals surface area contributed by atoms with E-state index in [-0.39, 0.29) is 6.61 Å². The summed E-state index contributed by atoms with van der Waals surface area (Å²) in [7, 11) is 0. The Morgan fingerprint density at radius 2 is 1.88 bits per heavy atom. The third-order valence-corrected chi connectivity index (χ3v) is 3.41. The largest absolute Gasteiger partial charge is 0.394 e. The van der Waals surface area contributed by atoms with Gasteiger partial charge in [-0.1, -0.05) is 6.92 Å². The van der Waals surface area contributed by atoms with Crippen LogP contribution in [-0.2, 0) is 4.74 Å². The summed E-state index contributed by atoms with van der Waals surface area (Å²) in [4.78, 5) is 5.00. The highest BCUT2D eigenvalue weighted by Gasteiger charge is 2.19. The summed E-state index contributed by atoms with van der Waals surface area (Å²) in [5, 5.41) is 8.58. The molecule has 1 rings (SSSR count).